The minimum Gasteiger partial charge on any atom is -0.483 e. The van der Waals surface area contributed by atoms with E-state index in [0.717, 1.165) is 30.9 Å². The van der Waals surface area contributed by atoms with Gasteiger partial charge in [0.25, 0.3) is 11.8 Å². The maximum absolute atomic E-state index is 12.2. The number of para-hydroxylation sites is 1. The van der Waals surface area contributed by atoms with Crippen molar-refractivity contribution in [1.29, 1.82) is 0 Å². The number of nitrogens with zero attached hydrogens (tertiary/aromatic N) is 1. The zero-order valence-corrected chi connectivity index (χ0v) is 18.4. The van der Waals surface area contributed by atoms with Gasteiger partial charge >= 0.3 is 0 Å². The fourth-order valence-corrected chi connectivity index (χ4v) is 3.10. The molecular weight excluding hydrogens is 378 g/mol. The van der Waals surface area contributed by atoms with Crippen molar-refractivity contribution in [2.24, 2.45) is 0 Å². The molecule has 0 aliphatic carbocycles. The van der Waals surface area contributed by atoms with Crippen LogP contribution in [0.3, 0.4) is 0 Å². The highest BCUT2D eigenvalue weighted by molar-refractivity contribution is 5.96. The molecule has 0 aliphatic rings. The molecule has 30 heavy (non-hydrogen) atoms. The van der Waals surface area contributed by atoms with Gasteiger partial charge in [0.2, 0.25) is 0 Å². The van der Waals surface area contributed by atoms with Crippen LogP contribution in [0, 0.1) is 0 Å². The number of carbonyl (C=O) groups is 2. The standard InChI is InChI=1S/C24H33N3O3/c1-5-27(6-2)16-15-25-24(29)19-11-13-20(14-12-19)26-23(28)17-30-22-10-8-7-9-21(22)18(3)4/h7-14,18H,5-6,15-17H2,1-4H3,(H,25,29)(H,26,28). The molecule has 6 nitrogen and oxygen atoms in total. The number of carbonyl (C=O) groups excluding carboxylic acids is 2. The van der Waals surface area contributed by atoms with Crippen LogP contribution in [-0.2, 0) is 4.79 Å². The summed E-state index contributed by atoms with van der Waals surface area (Å²) in [6.07, 6.45) is 0. The minimum absolute atomic E-state index is 0.0721. The van der Waals surface area contributed by atoms with Crippen molar-refractivity contribution in [1.82, 2.24) is 10.2 Å². The molecule has 0 saturated carbocycles. The van der Waals surface area contributed by atoms with Crippen LogP contribution in [0.15, 0.2) is 48.5 Å². The fraction of sp³-hybridized carbons (Fsp3) is 0.417. The predicted molar refractivity (Wildman–Crippen MR) is 121 cm³/mol. The number of hydrogen-bond acceptors (Lipinski definition) is 4. The Kier molecular flexibility index (Phi) is 9.35. The third-order valence-corrected chi connectivity index (χ3v) is 4.94. The molecule has 0 fully saturated rings. The van der Waals surface area contributed by atoms with Gasteiger partial charge in [-0.15, -0.1) is 0 Å². The number of rotatable bonds is 11. The highest BCUT2D eigenvalue weighted by Crippen LogP contribution is 2.25. The van der Waals surface area contributed by atoms with Gasteiger partial charge in [-0.1, -0.05) is 45.9 Å². The highest BCUT2D eigenvalue weighted by atomic mass is 16.5. The van der Waals surface area contributed by atoms with E-state index in [9.17, 15) is 9.59 Å². The van der Waals surface area contributed by atoms with Gasteiger partial charge in [-0.3, -0.25) is 9.59 Å². The normalized spacial score (nSPS) is 10.9. The maximum atomic E-state index is 12.2. The number of benzene rings is 2. The first-order chi connectivity index (χ1) is 14.4. The van der Waals surface area contributed by atoms with Crippen LogP contribution >= 0.6 is 0 Å². The highest BCUT2D eigenvalue weighted by Gasteiger charge is 2.10. The molecule has 0 aromatic heterocycles. The third kappa shape index (κ3) is 7.19. The van der Waals surface area contributed by atoms with Gasteiger partial charge in [0, 0.05) is 24.3 Å². The van der Waals surface area contributed by atoms with Crippen molar-refractivity contribution < 1.29 is 14.3 Å². The lowest BCUT2D eigenvalue weighted by Crippen LogP contribution is -2.34. The summed E-state index contributed by atoms with van der Waals surface area (Å²) in [5.41, 5.74) is 2.26. The molecule has 2 aromatic carbocycles. The summed E-state index contributed by atoms with van der Waals surface area (Å²) >= 11 is 0. The van der Waals surface area contributed by atoms with E-state index in [1.807, 2.05) is 24.3 Å². The largest absolute Gasteiger partial charge is 0.483 e. The van der Waals surface area contributed by atoms with Gasteiger partial charge in [0.05, 0.1) is 0 Å². The molecule has 6 heteroatoms. The second kappa shape index (κ2) is 12.0. The smallest absolute Gasteiger partial charge is 0.262 e. The Morgan fingerprint density at radius 2 is 1.67 bits per heavy atom. The van der Waals surface area contributed by atoms with E-state index >= 15 is 0 Å². The first-order valence-corrected chi connectivity index (χ1v) is 10.6. The van der Waals surface area contributed by atoms with Gasteiger partial charge in [0.1, 0.15) is 5.75 Å². The Bertz CT molecular complexity index is 815. The molecule has 2 aromatic rings. The Hall–Kier alpha value is -2.86. The minimum atomic E-state index is -0.245. The number of amides is 2. The molecule has 2 rings (SSSR count). The lowest BCUT2D eigenvalue weighted by molar-refractivity contribution is -0.118. The summed E-state index contributed by atoms with van der Waals surface area (Å²) in [6, 6.07) is 14.6. The fourth-order valence-electron chi connectivity index (χ4n) is 3.10. The lowest BCUT2D eigenvalue weighted by Gasteiger charge is -2.18. The van der Waals surface area contributed by atoms with E-state index in [0.29, 0.717) is 23.7 Å². The summed E-state index contributed by atoms with van der Waals surface area (Å²) in [4.78, 5) is 26.7. The molecule has 0 aliphatic heterocycles. The molecule has 0 radical (unpaired) electrons. The number of nitrogens with one attached hydrogen (secondary N) is 2. The molecule has 0 saturated heterocycles. The first-order valence-electron chi connectivity index (χ1n) is 10.6. The molecule has 0 unspecified atom stereocenters. The molecule has 0 heterocycles. The second-order valence-electron chi connectivity index (χ2n) is 7.39. The topological polar surface area (TPSA) is 70.7 Å². The van der Waals surface area contributed by atoms with Crippen LogP contribution < -0.4 is 15.4 Å². The molecule has 0 atom stereocenters. The van der Waals surface area contributed by atoms with Gasteiger partial charge in [-0.25, -0.2) is 0 Å². The molecule has 0 bridgehead atoms. The summed E-state index contributed by atoms with van der Waals surface area (Å²) in [5, 5.41) is 5.72. The van der Waals surface area contributed by atoms with Crippen molar-refractivity contribution in [3.8, 4) is 5.75 Å². The zero-order chi connectivity index (χ0) is 21.9. The molecule has 2 amide bonds. The number of ether oxygens (including phenoxy) is 1. The summed E-state index contributed by atoms with van der Waals surface area (Å²) in [5.74, 6) is 0.674. The Labute approximate surface area is 179 Å². The van der Waals surface area contributed by atoms with Crippen LogP contribution in [0.4, 0.5) is 5.69 Å². The SMILES string of the molecule is CCN(CC)CCNC(=O)c1ccc(NC(=O)COc2ccccc2C(C)C)cc1. The number of anilines is 1. The van der Waals surface area contributed by atoms with Crippen molar-refractivity contribution in [3.05, 3.63) is 59.7 Å². The van der Waals surface area contributed by atoms with Crippen molar-refractivity contribution in [3.63, 3.8) is 0 Å². The first kappa shape index (κ1) is 23.4. The van der Waals surface area contributed by atoms with E-state index < -0.39 is 0 Å². The quantitative estimate of drug-likeness (QED) is 0.588. The van der Waals surface area contributed by atoms with Crippen molar-refractivity contribution in [2.75, 3.05) is 38.1 Å². The molecule has 0 spiro atoms. The van der Waals surface area contributed by atoms with Gasteiger partial charge in [0.15, 0.2) is 6.61 Å². The van der Waals surface area contributed by atoms with Crippen LogP contribution in [0.1, 0.15) is 49.5 Å². The zero-order valence-electron chi connectivity index (χ0n) is 18.4. The Morgan fingerprint density at radius 3 is 2.30 bits per heavy atom. The maximum Gasteiger partial charge on any atom is 0.262 e. The van der Waals surface area contributed by atoms with Crippen molar-refractivity contribution >= 4 is 17.5 Å². The van der Waals surface area contributed by atoms with Crippen LogP contribution in [0.5, 0.6) is 5.75 Å². The van der Waals surface area contributed by atoms with Gasteiger partial charge in [-0.2, -0.15) is 0 Å². The summed E-state index contributed by atoms with van der Waals surface area (Å²) in [6.45, 7) is 11.7. The van der Waals surface area contributed by atoms with E-state index in [-0.39, 0.29) is 18.4 Å². The predicted octanol–water partition coefficient (Wildman–Crippen LogP) is 3.90. The van der Waals surface area contributed by atoms with E-state index in [2.05, 4.69) is 43.2 Å². The second-order valence-corrected chi connectivity index (χ2v) is 7.39. The summed E-state index contributed by atoms with van der Waals surface area (Å²) < 4.78 is 5.70. The monoisotopic (exact) mass is 411 g/mol. The Morgan fingerprint density at radius 1 is 1.00 bits per heavy atom. The number of likely N-dealkylation sites (N-methyl/N-ethyl adjacent to an activating group) is 1. The van der Waals surface area contributed by atoms with Gasteiger partial charge < -0.3 is 20.3 Å². The van der Waals surface area contributed by atoms with Gasteiger partial charge in [-0.05, 0) is 54.9 Å². The molecule has 162 valence electrons. The van der Waals surface area contributed by atoms with Crippen molar-refractivity contribution in [2.45, 2.75) is 33.6 Å². The number of hydrogen-bond donors (Lipinski definition) is 2. The Balaban J connectivity index is 1.82. The van der Waals surface area contributed by atoms with E-state index in [1.54, 1.807) is 24.3 Å². The van der Waals surface area contributed by atoms with Crippen LogP contribution in [0.2, 0.25) is 0 Å². The van der Waals surface area contributed by atoms with Crippen LogP contribution in [0.25, 0.3) is 0 Å². The van der Waals surface area contributed by atoms with Crippen LogP contribution in [-0.4, -0.2) is 49.5 Å². The van der Waals surface area contributed by atoms with E-state index in [4.69, 9.17) is 4.74 Å². The third-order valence-electron chi connectivity index (χ3n) is 4.94. The van der Waals surface area contributed by atoms with E-state index in [1.165, 1.54) is 0 Å². The average Bonchev–Trinajstić information content (AvgIpc) is 2.75. The average molecular weight is 412 g/mol. The molecular formula is C24H33N3O3. The summed E-state index contributed by atoms with van der Waals surface area (Å²) in [7, 11) is 0. The lowest BCUT2D eigenvalue weighted by atomic mass is 10.0. The molecule has 2 N–H and O–H groups in total.